The third-order valence-corrected chi connectivity index (χ3v) is 7.84. The van der Waals surface area contributed by atoms with Crippen LogP contribution in [0.1, 0.15) is 43.1 Å². The van der Waals surface area contributed by atoms with E-state index in [-0.39, 0.29) is 17.9 Å². The summed E-state index contributed by atoms with van der Waals surface area (Å²) in [7, 11) is 0. The molecule has 1 atom stereocenters. The maximum absolute atomic E-state index is 13.3. The summed E-state index contributed by atoms with van der Waals surface area (Å²) >= 11 is 3.65. The molecule has 9 heteroatoms. The number of rotatable bonds is 7. The van der Waals surface area contributed by atoms with Crippen LogP contribution in [0.5, 0.6) is 0 Å². The van der Waals surface area contributed by atoms with Gasteiger partial charge in [0.2, 0.25) is 5.91 Å². The lowest BCUT2D eigenvalue weighted by Crippen LogP contribution is -2.37. The molecule has 8 nitrogen and oxygen atoms in total. The van der Waals surface area contributed by atoms with E-state index in [2.05, 4.69) is 42.5 Å². The van der Waals surface area contributed by atoms with Crippen molar-refractivity contribution in [2.24, 2.45) is 17.6 Å². The van der Waals surface area contributed by atoms with Crippen molar-refractivity contribution in [2.45, 2.75) is 38.1 Å². The Morgan fingerprint density at radius 3 is 2.74 bits per heavy atom. The smallest absolute Gasteiger partial charge is 0.223 e. The topological polar surface area (TPSA) is 138 Å². The molecule has 2 aromatic heterocycles. The Morgan fingerprint density at radius 2 is 1.97 bits per heavy atom. The lowest BCUT2D eigenvalue weighted by Gasteiger charge is -2.28. The Kier molecular flexibility index (Phi) is 6.88. The first-order chi connectivity index (χ1) is 17.0. The molecule has 5 rings (SSSR count). The van der Waals surface area contributed by atoms with Crippen molar-refractivity contribution in [3.8, 4) is 11.3 Å². The van der Waals surface area contributed by atoms with E-state index >= 15 is 0 Å². The largest absolute Gasteiger partial charge is 0.382 e. The fourth-order valence-corrected chi connectivity index (χ4v) is 5.36. The monoisotopic (exact) mass is 535 g/mol. The zero-order valence-corrected chi connectivity index (χ0v) is 21.0. The van der Waals surface area contributed by atoms with Crippen molar-refractivity contribution < 1.29 is 4.79 Å². The second-order valence-corrected chi connectivity index (χ2v) is 10.2. The highest BCUT2D eigenvalue weighted by molar-refractivity contribution is 9.10. The predicted molar refractivity (Wildman–Crippen MR) is 141 cm³/mol. The van der Waals surface area contributed by atoms with Gasteiger partial charge in [0.25, 0.3) is 0 Å². The van der Waals surface area contributed by atoms with Gasteiger partial charge in [0, 0.05) is 34.0 Å². The number of nitrogens with two attached hydrogens (primary N) is 2. The van der Waals surface area contributed by atoms with Crippen LogP contribution in [-0.4, -0.2) is 32.6 Å². The average molecular weight is 536 g/mol. The number of carbonyl (C=O) groups is 1. The van der Waals surface area contributed by atoms with Crippen LogP contribution in [0, 0.1) is 11.8 Å². The Labute approximate surface area is 212 Å². The molecule has 0 aliphatic heterocycles. The van der Waals surface area contributed by atoms with Crippen LogP contribution >= 0.6 is 15.9 Å². The molecule has 1 aliphatic rings. The number of nitrogens with zero attached hydrogens (tertiary/aromatic N) is 2. The van der Waals surface area contributed by atoms with Crippen molar-refractivity contribution in [1.82, 2.24) is 25.5 Å². The zero-order valence-electron chi connectivity index (χ0n) is 19.4. The third-order valence-electron chi connectivity index (χ3n) is 7.07. The van der Waals surface area contributed by atoms with E-state index in [0.717, 1.165) is 63.7 Å². The molecule has 182 valence electrons. The molecular formula is C26H30BrN7O. The van der Waals surface area contributed by atoms with E-state index in [1.807, 2.05) is 42.6 Å². The van der Waals surface area contributed by atoms with Gasteiger partial charge in [-0.05, 0) is 61.9 Å². The Hall–Kier alpha value is -3.17. The first-order valence-corrected chi connectivity index (χ1v) is 12.8. The lowest BCUT2D eigenvalue weighted by molar-refractivity contribution is -0.127. The number of fused-ring (bicyclic) bond motifs is 1. The van der Waals surface area contributed by atoms with Crippen LogP contribution in [0.15, 0.2) is 53.1 Å². The number of halogens is 1. The van der Waals surface area contributed by atoms with Crippen molar-refractivity contribution in [3.05, 3.63) is 64.5 Å². The number of hydrogen-bond acceptors (Lipinski definition) is 5. The minimum absolute atomic E-state index is 0.0159. The summed E-state index contributed by atoms with van der Waals surface area (Å²) in [5.41, 5.74) is 15.4. The molecule has 0 spiro atoms. The highest BCUT2D eigenvalue weighted by Crippen LogP contribution is 2.31. The molecule has 7 N–H and O–H groups in total. The molecule has 35 heavy (non-hydrogen) atoms. The SMILES string of the molecule is NC[C@H]1CC[C@H](C(=O)N[C@@H](Cc2ccccc2Br)c2nc(-c3ccc4c(N)n[nH]c4c3)c[nH]2)CC1. The normalized spacial score (nSPS) is 19.0. The van der Waals surface area contributed by atoms with E-state index in [1.165, 1.54) is 0 Å². The van der Waals surface area contributed by atoms with Crippen LogP contribution in [0.3, 0.4) is 0 Å². The van der Waals surface area contributed by atoms with Crippen molar-refractivity contribution >= 4 is 38.6 Å². The van der Waals surface area contributed by atoms with E-state index in [0.29, 0.717) is 24.7 Å². The van der Waals surface area contributed by atoms with Crippen molar-refractivity contribution in [3.63, 3.8) is 0 Å². The second kappa shape index (κ2) is 10.2. The molecule has 0 radical (unpaired) electrons. The van der Waals surface area contributed by atoms with Crippen LogP contribution in [-0.2, 0) is 11.2 Å². The van der Waals surface area contributed by atoms with Gasteiger partial charge >= 0.3 is 0 Å². The number of amides is 1. The quantitative estimate of drug-likeness (QED) is 0.237. The highest BCUT2D eigenvalue weighted by atomic mass is 79.9. The number of carbonyl (C=O) groups excluding carboxylic acids is 1. The fourth-order valence-electron chi connectivity index (χ4n) is 4.91. The Balaban J connectivity index is 1.39. The van der Waals surface area contributed by atoms with Gasteiger partial charge < -0.3 is 21.8 Å². The van der Waals surface area contributed by atoms with Gasteiger partial charge in [-0.3, -0.25) is 9.89 Å². The summed E-state index contributed by atoms with van der Waals surface area (Å²) in [5, 5.41) is 11.2. The maximum Gasteiger partial charge on any atom is 0.223 e. The standard InChI is InChI=1S/C26H30BrN7O/c27-20-4-2-1-3-17(20)11-22(32-26(35)16-7-5-15(13-28)6-8-16)25-30-14-23(31-25)18-9-10-19-21(12-18)33-34-24(19)29/h1-4,9-10,12,14-16,22H,5-8,11,13,28H2,(H,30,31)(H,32,35)(H3,29,33,34)/t15-,16-,22-/m0/s1. The number of aromatic amines is 2. The number of benzene rings is 2. The highest BCUT2D eigenvalue weighted by Gasteiger charge is 2.28. The number of imidazole rings is 1. The minimum atomic E-state index is -0.284. The van der Waals surface area contributed by atoms with Gasteiger partial charge in [-0.1, -0.05) is 40.2 Å². The summed E-state index contributed by atoms with van der Waals surface area (Å²) in [6.07, 6.45) is 6.28. The van der Waals surface area contributed by atoms with Crippen LogP contribution in [0.2, 0.25) is 0 Å². The fraction of sp³-hybridized carbons (Fsp3) is 0.346. The number of hydrogen-bond donors (Lipinski definition) is 5. The van der Waals surface area contributed by atoms with Crippen LogP contribution in [0.25, 0.3) is 22.2 Å². The summed E-state index contributed by atoms with van der Waals surface area (Å²) in [6.45, 7) is 0.700. The summed E-state index contributed by atoms with van der Waals surface area (Å²) in [4.78, 5) is 21.4. The molecule has 0 bridgehead atoms. The molecule has 1 aliphatic carbocycles. The lowest BCUT2D eigenvalue weighted by atomic mass is 9.81. The Morgan fingerprint density at radius 1 is 1.17 bits per heavy atom. The molecule has 1 amide bonds. The van der Waals surface area contributed by atoms with Crippen molar-refractivity contribution in [1.29, 1.82) is 0 Å². The number of nitrogens with one attached hydrogen (secondary N) is 3. The van der Waals surface area contributed by atoms with Gasteiger partial charge in [0.15, 0.2) is 5.82 Å². The summed E-state index contributed by atoms with van der Waals surface area (Å²) < 4.78 is 1.01. The molecule has 4 aromatic rings. The average Bonchev–Trinajstić information content (AvgIpc) is 3.52. The molecule has 1 fully saturated rings. The molecular weight excluding hydrogens is 506 g/mol. The third kappa shape index (κ3) is 5.11. The van der Waals surface area contributed by atoms with Crippen LogP contribution < -0.4 is 16.8 Å². The van der Waals surface area contributed by atoms with E-state index in [4.69, 9.17) is 16.5 Å². The predicted octanol–water partition coefficient (Wildman–Crippen LogP) is 4.46. The molecule has 2 heterocycles. The van der Waals surface area contributed by atoms with Gasteiger partial charge in [0.1, 0.15) is 5.82 Å². The van der Waals surface area contributed by atoms with E-state index < -0.39 is 0 Å². The first kappa shape index (κ1) is 23.6. The minimum Gasteiger partial charge on any atom is -0.382 e. The van der Waals surface area contributed by atoms with Crippen molar-refractivity contribution in [2.75, 3.05) is 12.3 Å². The number of nitrogen functional groups attached to an aromatic ring is 1. The molecule has 0 unspecified atom stereocenters. The summed E-state index contributed by atoms with van der Waals surface area (Å²) in [6, 6.07) is 13.7. The zero-order chi connectivity index (χ0) is 24.4. The number of aromatic nitrogens is 4. The first-order valence-electron chi connectivity index (χ1n) is 12.0. The van der Waals surface area contributed by atoms with Crippen LogP contribution in [0.4, 0.5) is 5.82 Å². The molecule has 2 aromatic carbocycles. The van der Waals surface area contributed by atoms with Gasteiger partial charge in [-0.15, -0.1) is 0 Å². The van der Waals surface area contributed by atoms with E-state index in [1.54, 1.807) is 0 Å². The number of H-pyrrole nitrogens is 2. The molecule has 1 saturated carbocycles. The van der Waals surface area contributed by atoms with Gasteiger partial charge in [0.05, 0.1) is 17.3 Å². The number of anilines is 1. The Bertz CT molecular complexity index is 1320. The van der Waals surface area contributed by atoms with Gasteiger partial charge in [-0.25, -0.2) is 4.98 Å². The van der Waals surface area contributed by atoms with E-state index in [9.17, 15) is 4.79 Å². The van der Waals surface area contributed by atoms with Gasteiger partial charge in [-0.2, -0.15) is 5.10 Å². The second-order valence-electron chi connectivity index (χ2n) is 9.35. The molecule has 0 saturated heterocycles. The summed E-state index contributed by atoms with van der Waals surface area (Å²) in [5.74, 6) is 1.84. The maximum atomic E-state index is 13.3.